The summed E-state index contributed by atoms with van der Waals surface area (Å²) in [5, 5.41) is 11.6. The van der Waals surface area contributed by atoms with Crippen LogP contribution in [0.5, 0.6) is 5.75 Å². The normalized spacial score (nSPS) is 16.9. The third kappa shape index (κ3) is 3.24. The Morgan fingerprint density at radius 2 is 2.14 bits per heavy atom. The standard InChI is InChI=1S/C14H18FN3O3/c1-21-12-3-2-10(8-11(12)15)14(19)18-6-4-9(5-7-18)13(16)17-20/h2-3,8-9,20H,4-7H2,1H3,(H2,16,17). The van der Waals surface area contributed by atoms with Gasteiger partial charge in [-0.25, -0.2) is 4.39 Å². The molecule has 0 saturated carbocycles. The Morgan fingerprint density at radius 3 is 2.67 bits per heavy atom. The maximum atomic E-state index is 13.6. The number of halogens is 1. The smallest absolute Gasteiger partial charge is 0.253 e. The number of benzene rings is 1. The van der Waals surface area contributed by atoms with Crippen LogP contribution in [0.1, 0.15) is 23.2 Å². The fraction of sp³-hybridized carbons (Fsp3) is 0.429. The van der Waals surface area contributed by atoms with Gasteiger partial charge in [0.1, 0.15) is 5.84 Å². The molecule has 1 heterocycles. The van der Waals surface area contributed by atoms with E-state index in [0.717, 1.165) is 0 Å². The summed E-state index contributed by atoms with van der Waals surface area (Å²) in [6.45, 7) is 0.987. The summed E-state index contributed by atoms with van der Waals surface area (Å²) in [6.07, 6.45) is 1.25. The number of rotatable bonds is 3. The molecule has 1 saturated heterocycles. The van der Waals surface area contributed by atoms with Gasteiger partial charge < -0.3 is 20.6 Å². The molecule has 0 unspecified atom stereocenters. The van der Waals surface area contributed by atoms with Crippen molar-refractivity contribution in [1.29, 1.82) is 0 Å². The number of methoxy groups -OCH3 is 1. The van der Waals surface area contributed by atoms with Gasteiger partial charge in [-0.2, -0.15) is 0 Å². The molecule has 3 N–H and O–H groups in total. The molecular weight excluding hydrogens is 277 g/mol. The van der Waals surface area contributed by atoms with Gasteiger partial charge in [0.25, 0.3) is 5.91 Å². The Bertz CT molecular complexity index is 554. The summed E-state index contributed by atoms with van der Waals surface area (Å²) < 4.78 is 18.5. The van der Waals surface area contributed by atoms with Gasteiger partial charge in [-0.05, 0) is 31.0 Å². The van der Waals surface area contributed by atoms with Crippen molar-refractivity contribution < 1.29 is 19.1 Å². The van der Waals surface area contributed by atoms with E-state index in [1.807, 2.05) is 0 Å². The Morgan fingerprint density at radius 1 is 1.48 bits per heavy atom. The minimum Gasteiger partial charge on any atom is -0.494 e. The van der Waals surface area contributed by atoms with E-state index in [9.17, 15) is 9.18 Å². The lowest BCUT2D eigenvalue weighted by Crippen LogP contribution is -2.41. The number of carbonyl (C=O) groups excluding carboxylic acids is 1. The number of hydrogen-bond acceptors (Lipinski definition) is 4. The van der Waals surface area contributed by atoms with Crippen LogP contribution in [0.2, 0.25) is 0 Å². The van der Waals surface area contributed by atoms with E-state index in [4.69, 9.17) is 15.7 Å². The van der Waals surface area contributed by atoms with E-state index in [-0.39, 0.29) is 29.0 Å². The number of amides is 1. The number of nitrogens with zero attached hydrogens (tertiary/aromatic N) is 2. The topological polar surface area (TPSA) is 88.2 Å². The number of piperidine rings is 1. The van der Waals surface area contributed by atoms with Crippen LogP contribution in [0, 0.1) is 11.7 Å². The zero-order chi connectivity index (χ0) is 15.4. The molecular formula is C14H18FN3O3. The molecule has 2 rings (SSSR count). The van der Waals surface area contributed by atoms with Crippen molar-refractivity contribution in [2.24, 2.45) is 16.8 Å². The Hall–Kier alpha value is -2.31. The van der Waals surface area contributed by atoms with Crippen molar-refractivity contribution in [3.63, 3.8) is 0 Å². The van der Waals surface area contributed by atoms with Crippen LogP contribution in [0.25, 0.3) is 0 Å². The number of amidine groups is 1. The minimum atomic E-state index is -0.560. The lowest BCUT2D eigenvalue weighted by molar-refractivity contribution is 0.0708. The van der Waals surface area contributed by atoms with Gasteiger partial charge in [-0.1, -0.05) is 5.16 Å². The molecule has 1 aliphatic rings. The summed E-state index contributed by atoms with van der Waals surface area (Å²) in [5.41, 5.74) is 5.85. The van der Waals surface area contributed by atoms with Gasteiger partial charge in [0.15, 0.2) is 11.6 Å². The zero-order valence-electron chi connectivity index (χ0n) is 11.8. The predicted molar refractivity (Wildman–Crippen MR) is 75.0 cm³/mol. The van der Waals surface area contributed by atoms with Crippen LogP contribution < -0.4 is 10.5 Å². The summed E-state index contributed by atoms with van der Waals surface area (Å²) in [5.74, 6) is -0.508. The summed E-state index contributed by atoms with van der Waals surface area (Å²) >= 11 is 0. The lowest BCUT2D eigenvalue weighted by atomic mass is 9.95. The van der Waals surface area contributed by atoms with Crippen molar-refractivity contribution in [2.75, 3.05) is 20.2 Å². The van der Waals surface area contributed by atoms with Crippen molar-refractivity contribution in [2.45, 2.75) is 12.8 Å². The first-order chi connectivity index (χ1) is 10.1. The van der Waals surface area contributed by atoms with Crippen LogP contribution in [-0.2, 0) is 0 Å². The highest BCUT2D eigenvalue weighted by molar-refractivity contribution is 5.94. The van der Waals surface area contributed by atoms with E-state index >= 15 is 0 Å². The SMILES string of the molecule is COc1ccc(C(=O)N2CCC(C(N)=NO)CC2)cc1F. The summed E-state index contributed by atoms with van der Waals surface area (Å²) in [6, 6.07) is 4.16. The molecule has 0 aromatic heterocycles. The molecule has 1 amide bonds. The number of hydrogen-bond donors (Lipinski definition) is 2. The fourth-order valence-corrected chi connectivity index (χ4v) is 2.44. The second-order valence-corrected chi connectivity index (χ2v) is 4.94. The highest BCUT2D eigenvalue weighted by Gasteiger charge is 2.26. The zero-order valence-corrected chi connectivity index (χ0v) is 11.8. The monoisotopic (exact) mass is 295 g/mol. The van der Waals surface area contributed by atoms with Crippen molar-refractivity contribution in [3.05, 3.63) is 29.6 Å². The summed E-state index contributed by atoms with van der Waals surface area (Å²) in [4.78, 5) is 13.9. The third-order valence-electron chi connectivity index (χ3n) is 3.71. The predicted octanol–water partition coefficient (Wildman–Crippen LogP) is 1.43. The van der Waals surface area contributed by atoms with Crippen LogP contribution in [0.4, 0.5) is 4.39 Å². The van der Waals surface area contributed by atoms with Crippen molar-refractivity contribution in [3.8, 4) is 5.75 Å². The largest absolute Gasteiger partial charge is 0.494 e. The quantitative estimate of drug-likeness (QED) is 0.382. The molecule has 0 aliphatic carbocycles. The molecule has 0 bridgehead atoms. The van der Waals surface area contributed by atoms with Gasteiger partial charge in [-0.3, -0.25) is 4.79 Å². The second kappa shape index (κ2) is 6.43. The van der Waals surface area contributed by atoms with E-state index in [0.29, 0.717) is 25.9 Å². The molecule has 1 aromatic rings. The van der Waals surface area contributed by atoms with Crippen molar-refractivity contribution >= 4 is 11.7 Å². The fourth-order valence-electron chi connectivity index (χ4n) is 2.44. The molecule has 7 heteroatoms. The van der Waals surface area contributed by atoms with Crippen LogP contribution in [-0.4, -0.2) is 42.0 Å². The molecule has 0 atom stereocenters. The Labute approximate surface area is 122 Å². The molecule has 0 radical (unpaired) electrons. The maximum Gasteiger partial charge on any atom is 0.253 e. The van der Waals surface area contributed by atoms with Crippen LogP contribution in [0.15, 0.2) is 23.4 Å². The highest BCUT2D eigenvalue weighted by Crippen LogP contribution is 2.22. The second-order valence-electron chi connectivity index (χ2n) is 4.94. The Kier molecular flexibility index (Phi) is 4.62. The van der Waals surface area contributed by atoms with Crippen LogP contribution >= 0.6 is 0 Å². The number of oxime groups is 1. The van der Waals surface area contributed by atoms with Gasteiger partial charge in [-0.15, -0.1) is 0 Å². The first-order valence-corrected chi connectivity index (χ1v) is 6.67. The van der Waals surface area contributed by atoms with E-state index < -0.39 is 5.82 Å². The van der Waals surface area contributed by atoms with Gasteiger partial charge in [0, 0.05) is 24.6 Å². The lowest BCUT2D eigenvalue weighted by Gasteiger charge is -2.31. The van der Waals surface area contributed by atoms with Gasteiger partial charge in [0.2, 0.25) is 0 Å². The van der Waals surface area contributed by atoms with E-state index in [2.05, 4.69) is 5.16 Å². The van der Waals surface area contributed by atoms with E-state index in [1.54, 1.807) is 11.0 Å². The average molecular weight is 295 g/mol. The van der Waals surface area contributed by atoms with Gasteiger partial charge in [0.05, 0.1) is 7.11 Å². The number of carbonyl (C=O) groups is 1. The highest BCUT2D eigenvalue weighted by atomic mass is 19.1. The van der Waals surface area contributed by atoms with E-state index in [1.165, 1.54) is 19.2 Å². The maximum absolute atomic E-state index is 13.6. The number of nitrogens with two attached hydrogens (primary N) is 1. The molecule has 1 fully saturated rings. The van der Waals surface area contributed by atoms with Crippen LogP contribution in [0.3, 0.4) is 0 Å². The molecule has 0 spiro atoms. The molecule has 114 valence electrons. The minimum absolute atomic E-state index is 0.0216. The first-order valence-electron chi connectivity index (χ1n) is 6.67. The summed E-state index contributed by atoms with van der Waals surface area (Å²) in [7, 11) is 1.37. The molecule has 1 aliphatic heterocycles. The van der Waals surface area contributed by atoms with Gasteiger partial charge >= 0.3 is 0 Å². The number of likely N-dealkylation sites (tertiary alicyclic amines) is 1. The first kappa shape index (κ1) is 15.1. The molecule has 6 nitrogen and oxygen atoms in total. The average Bonchev–Trinajstić information content (AvgIpc) is 2.53. The Balaban J connectivity index is 2.03. The molecule has 1 aromatic carbocycles. The molecule has 21 heavy (non-hydrogen) atoms. The number of ether oxygens (including phenoxy) is 1. The van der Waals surface area contributed by atoms with Crippen molar-refractivity contribution in [1.82, 2.24) is 4.90 Å². The third-order valence-corrected chi connectivity index (χ3v) is 3.71.